The summed E-state index contributed by atoms with van der Waals surface area (Å²) in [6, 6.07) is 0. The zero-order valence-electron chi connectivity index (χ0n) is 11.8. The Kier molecular flexibility index (Phi) is 11.0. The molecule has 0 spiro atoms. The van der Waals surface area contributed by atoms with Crippen molar-refractivity contribution in [3.63, 3.8) is 0 Å². The molecule has 1 fully saturated rings. The average Bonchev–Trinajstić information content (AvgIpc) is 2.26. The Morgan fingerprint density at radius 1 is 1.26 bits per heavy atom. The molecule has 19 heavy (non-hydrogen) atoms. The van der Waals surface area contributed by atoms with Crippen molar-refractivity contribution in [3.05, 3.63) is 0 Å². The highest BCUT2D eigenvalue weighted by molar-refractivity contribution is 14.0. The normalized spacial score (nSPS) is 15.3. The van der Waals surface area contributed by atoms with Crippen LogP contribution in [0.5, 0.6) is 0 Å². The van der Waals surface area contributed by atoms with Crippen LogP contribution >= 0.6 is 24.0 Å². The van der Waals surface area contributed by atoms with E-state index in [-0.39, 0.29) is 35.8 Å². The fourth-order valence-electron chi connectivity index (χ4n) is 1.75. The van der Waals surface area contributed by atoms with Gasteiger partial charge in [0.1, 0.15) is 0 Å². The highest BCUT2D eigenvalue weighted by atomic mass is 127. The predicted octanol–water partition coefficient (Wildman–Crippen LogP) is 1.62. The van der Waals surface area contributed by atoms with Crippen molar-refractivity contribution in [2.75, 3.05) is 19.6 Å². The fraction of sp³-hybridized carbons (Fsp3) is 0.846. The lowest BCUT2D eigenvalue weighted by atomic mass is 9.85. The number of carbonyl (C=O) groups is 1. The van der Waals surface area contributed by atoms with Gasteiger partial charge >= 0.3 is 0 Å². The molecule has 0 radical (unpaired) electrons. The summed E-state index contributed by atoms with van der Waals surface area (Å²) in [5.41, 5.74) is 5.69. The molecule has 0 aliphatic heterocycles. The van der Waals surface area contributed by atoms with E-state index in [1.165, 1.54) is 6.42 Å². The van der Waals surface area contributed by atoms with Crippen molar-refractivity contribution in [1.82, 2.24) is 10.6 Å². The summed E-state index contributed by atoms with van der Waals surface area (Å²) in [4.78, 5) is 15.7. The first kappa shape index (κ1) is 18.5. The molecule has 0 saturated heterocycles. The molecule has 1 aliphatic rings. The number of hydrogen-bond acceptors (Lipinski definition) is 2. The molecule has 0 heterocycles. The van der Waals surface area contributed by atoms with Crippen LogP contribution in [0.2, 0.25) is 0 Å². The van der Waals surface area contributed by atoms with Crippen LogP contribution in [0.15, 0.2) is 4.99 Å². The van der Waals surface area contributed by atoms with Gasteiger partial charge in [-0.3, -0.25) is 9.79 Å². The summed E-state index contributed by atoms with van der Waals surface area (Å²) >= 11 is 0. The van der Waals surface area contributed by atoms with E-state index < -0.39 is 0 Å². The quantitative estimate of drug-likeness (QED) is 0.258. The zero-order valence-corrected chi connectivity index (χ0v) is 14.1. The molecule has 1 amide bonds. The third-order valence-electron chi connectivity index (χ3n) is 3.23. The topological polar surface area (TPSA) is 79.5 Å². The van der Waals surface area contributed by atoms with Crippen LogP contribution in [0, 0.1) is 5.92 Å². The molecular formula is C13H27IN4O. The smallest absolute Gasteiger partial charge is 0.223 e. The van der Waals surface area contributed by atoms with Gasteiger partial charge < -0.3 is 16.4 Å². The van der Waals surface area contributed by atoms with Gasteiger partial charge in [-0.25, -0.2) is 0 Å². The van der Waals surface area contributed by atoms with E-state index in [1.54, 1.807) is 0 Å². The van der Waals surface area contributed by atoms with E-state index in [9.17, 15) is 4.79 Å². The molecule has 112 valence electrons. The minimum absolute atomic E-state index is 0. The number of nitrogens with one attached hydrogen (secondary N) is 2. The third-order valence-corrected chi connectivity index (χ3v) is 3.23. The molecular weight excluding hydrogens is 355 g/mol. The average molecular weight is 382 g/mol. The number of carbonyl (C=O) groups excluding carboxylic acids is 1. The Hall–Kier alpha value is -0.530. The summed E-state index contributed by atoms with van der Waals surface area (Å²) < 4.78 is 0. The van der Waals surface area contributed by atoms with Crippen LogP contribution in [0.4, 0.5) is 0 Å². The molecule has 0 unspecified atom stereocenters. The highest BCUT2D eigenvalue weighted by Gasteiger charge is 2.24. The molecule has 0 bridgehead atoms. The summed E-state index contributed by atoms with van der Waals surface area (Å²) in [6.07, 6.45) is 6.40. The Morgan fingerprint density at radius 3 is 2.53 bits per heavy atom. The second-order valence-electron chi connectivity index (χ2n) is 4.82. The number of hydrogen-bond donors (Lipinski definition) is 3. The first-order valence-corrected chi connectivity index (χ1v) is 7.05. The van der Waals surface area contributed by atoms with E-state index in [0.717, 1.165) is 38.6 Å². The van der Waals surface area contributed by atoms with Crippen LogP contribution < -0.4 is 16.4 Å². The Morgan fingerprint density at radius 2 is 1.95 bits per heavy atom. The number of nitrogens with two attached hydrogens (primary N) is 1. The first-order chi connectivity index (χ1) is 8.74. The number of rotatable bonds is 8. The Balaban J connectivity index is 0.00000324. The van der Waals surface area contributed by atoms with Crippen molar-refractivity contribution >= 4 is 35.8 Å². The maximum Gasteiger partial charge on any atom is 0.223 e. The minimum Gasteiger partial charge on any atom is -0.370 e. The van der Waals surface area contributed by atoms with E-state index in [0.29, 0.717) is 19.0 Å². The number of aliphatic imine (C=N–C) groups is 1. The van der Waals surface area contributed by atoms with Gasteiger partial charge in [-0.15, -0.1) is 24.0 Å². The molecule has 6 heteroatoms. The van der Waals surface area contributed by atoms with Gasteiger partial charge in [0, 0.05) is 25.6 Å². The lowest BCUT2D eigenvalue weighted by Gasteiger charge is -2.23. The Labute approximate surface area is 133 Å². The first-order valence-electron chi connectivity index (χ1n) is 7.05. The predicted molar refractivity (Wildman–Crippen MR) is 89.8 cm³/mol. The van der Waals surface area contributed by atoms with Gasteiger partial charge in [0.2, 0.25) is 5.91 Å². The van der Waals surface area contributed by atoms with Crippen LogP contribution in [0.1, 0.15) is 45.4 Å². The molecule has 1 saturated carbocycles. The number of guanidine groups is 1. The largest absolute Gasteiger partial charge is 0.370 e. The monoisotopic (exact) mass is 382 g/mol. The SMILES string of the molecule is CCCCNC(N)=NCCCNC(=O)C1CCC1.I. The van der Waals surface area contributed by atoms with Crippen molar-refractivity contribution in [2.24, 2.45) is 16.6 Å². The Bertz CT molecular complexity index is 280. The van der Waals surface area contributed by atoms with Gasteiger partial charge in [0.25, 0.3) is 0 Å². The lowest BCUT2D eigenvalue weighted by Crippen LogP contribution is -2.35. The van der Waals surface area contributed by atoms with Crippen LogP contribution in [-0.4, -0.2) is 31.5 Å². The molecule has 5 nitrogen and oxygen atoms in total. The summed E-state index contributed by atoms with van der Waals surface area (Å²) in [7, 11) is 0. The van der Waals surface area contributed by atoms with Crippen LogP contribution in [-0.2, 0) is 4.79 Å². The van der Waals surface area contributed by atoms with Crippen molar-refractivity contribution in [2.45, 2.75) is 45.4 Å². The van der Waals surface area contributed by atoms with Gasteiger partial charge in [-0.05, 0) is 25.7 Å². The summed E-state index contributed by atoms with van der Waals surface area (Å²) in [6.45, 7) is 4.38. The number of nitrogens with zero attached hydrogens (tertiary/aromatic N) is 1. The zero-order chi connectivity index (χ0) is 13.2. The molecule has 1 rings (SSSR count). The maximum absolute atomic E-state index is 11.5. The second kappa shape index (κ2) is 11.3. The van der Waals surface area contributed by atoms with Crippen LogP contribution in [0.3, 0.4) is 0 Å². The van der Waals surface area contributed by atoms with E-state index in [2.05, 4.69) is 22.5 Å². The van der Waals surface area contributed by atoms with Gasteiger partial charge in [-0.2, -0.15) is 0 Å². The number of halogens is 1. The lowest BCUT2D eigenvalue weighted by molar-refractivity contribution is -0.127. The van der Waals surface area contributed by atoms with E-state index in [1.807, 2.05) is 0 Å². The molecule has 0 aromatic rings. The molecule has 1 aliphatic carbocycles. The minimum atomic E-state index is 0. The third kappa shape index (κ3) is 8.28. The molecule has 0 aromatic carbocycles. The van der Waals surface area contributed by atoms with Crippen molar-refractivity contribution < 1.29 is 4.79 Å². The fourth-order valence-corrected chi connectivity index (χ4v) is 1.75. The second-order valence-corrected chi connectivity index (χ2v) is 4.82. The summed E-state index contributed by atoms with van der Waals surface area (Å²) in [5.74, 6) is 0.988. The van der Waals surface area contributed by atoms with Crippen LogP contribution in [0.25, 0.3) is 0 Å². The van der Waals surface area contributed by atoms with Crippen molar-refractivity contribution in [3.8, 4) is 0 Å². The number of amides is 1. The molecule has 0 atom stereocenters. The maximum atomic E-state index is 11.5. The highest BCUT2D eigenvalue weighted by Crippen LogP contribution is 2.25. The van der Waals surface area contributed by atoms with Gasteiger partial charge in [-0.1, -0.05) is 19.8 Å². The van der Waals surface area contributed by atoms with Gasteiger partial charge in [0.15, 0.2) is 5.96 Å². The van der Waals surface area contributed by atoms with Crippen molar-refractivity contribution in [1.29, 1.82) is 0 Å². The summed E-state index contributed by atoms with van der Waals surface area (Å²) in [5, 5.41) is 6.00. The standard InChI is InChI=1S/C13H26N4O.HI/c1-2-3-8-16-13(14)17-10-5-9-15-12(18)11-6-4-7-11;/h11H,2-10H2,1H3,(H,15,18)(H3,14,16,17);1H. The van der Waals surface area contributed by atoms with E-state index >= 15 is 0 Å². The number of unbranched alkanes of at least 4 members (excludes halogenated alkanes) is 1. The van der Waals surface area contributed by atoms with Gasteiger partial charge in [0.05, 0.1) is 0 Å². The van der Waals surface area contributed by atoms with E-state index in [4.69, 9.17) is 5.73 Å². The molecule has 4 N–H and O–H groups in total. The molecule has 0 aromatic heterocycles.